The second kappa shape index (κ2) is 5.47. The molecule has 0 saturated heterocycles. The zero-order valence-corrected chi connectivity index (χ0v) is 9.41. The van der Waals surface area contributed by atoms with Crippen molar-refractivity contribution in [2.75, 3.05) is 24.9 Å². The van der Waals surface area contributed by atoms with E-state index in [2.05, 4.69) is 27.7 Å². The topological polar surface area (TPSA) is 79.1 Å². The average molecular weight is 210 g/mol. The van der Waals surface area contributed by atoms with Gasteiger partial charge in [-0.25, -0.2) is 20.8 Å². The van der Waals surface area contributed by atoms with Crippen LogP contribution in [-0.4, -0.2) is 29.1 Å². The van der Waals surface area contributed by atoms with Gasteiger partial charge in [-0.15, -0.1) is 0 Å². The van der Waals surface area contributed by atoms with Gasteiger partial charge in [-0.05, 0) is 6.42 Å². The summed E-state index contributed by atoms with van der Waals surface area (Å²) in [6, 6.07) is 1.76. The first-order valence-corrected chi connectivity index (χ1v) is 4.94. The molecule has 0 aromatic carbocycles. The lowest BCUT2D eigenvalue weighted by Gasteiger charge is -2.14. The van der Waals surface area contributed by atoms with Crippen molar-refractivity contribution >= 4 is 11.6 Å². The van der Waals surface area contributed by atoms with Gasteiger partial charge in [0.05, 0.1) is 0 Å². The number of aryl methyl sites for hydroxylation is 1. The number of nitrogens with zero attached hydrogens (tertiary/aromatic N) is 3. The van der Waals surface area contributed by atoms with Crippen LogP contribution in [0.2, 0.25) is 0 Å². The van der Waals surface area contributed by atoms with E-state index >= 15 is 0 Å². The van der Waals surface area contributed by atoms with Gasteiger partial charge in [0.2, 0.25) is 0 Å². The van der Waals surface area contributed by atoms with Crippen LogP contribution < -0.4 is 16.7 Å². The number of nitrogen functional groups attached to an aromatic ring is 1. The fourth-order valence-corrected chi connectivity index (χ4v) is 1.19. The Morgan fingerprint density at radius 1 is 1.33 bits per heavy atom. The molecule has 0 saturated carbocycles. The van der Waals surface area contributed by atoms with E-state index in [0.717, 1.165) is 24.5 Å². The van der Waals surface area contributed by atoms with Gasteiger partial charge in [-0.2, -0.15) is 0 Å². The molecule has 0 amide bonds. The molecule has 84 valence electrons. The zero-order chi connectivity index (χ0) is 11.3. The number of nitrogens with one attached hydrogen (secondary N) is 2. The Labute approximate surface area is 89.8 Å². The summed E-state index contributed by atoms with van der Waals surface area (Å²) in [6.07, 6.45) is 1.85. The summed E-state index contributed by atoms with van der Waals surface area (Å²) in [4.78, 5) is 8.59. The summed E-state index contributed by atoms with van der Waals surface area (Å²) in [5.74, 6) is 7.49. The van der Waals surface area contributed by atoms with Crippen molar-refractivity contribution in [3.8, 4) is 0 Å². The highest BCUT2D eigenvalue weighted by Gasteiger charge is 2.03. The molecule has 6 heteroatoms. The molecule has 0 bridgehead atoms. The molecule has 0 unspecified atom stereocenters. The molecule has 15 heavy (non-hydrogen) atoms. The minimum atomic E-state index is 0.623. The zero-order valence-electron chi connectivity index (χ0n) is 9.41. The maximum Gasteiger partial charge on any atom is 0.146 e. The van der Waals surface area contributed by atoms with E-state index in [0.29, 0.717) is 5.82 Å². The quantitative estimate of drug-likeness (QED) is 0.488. The maximum absolute atomic E-state index is 5.33. The van der Waals surface area contributed by atoms with Crippen molar-refractivity contribution in [3.05, 3.63) is 11.9 Å². The minimum absolute atomic E-state index is 0.623. The first-order valence-electron chi connectivity index (χ1n) is 4.94. The van der Waals surface area contributed by atoms with Gasteiger partial charge in [-0.1, -0.05) is 6.92 Å². The van der Waals surface area contributed by atoms with Gasteiger partial charge in [0, 0.05) is 26.6 Å². The summed E-state index contributed by atoms with van der Waals surface area (Å²) in [5, 5.41) is 1.82. The normalized spacial score (nSPS) is 10.5. The molecule has 0 fully saturated rings. The Balaban J connectivity index is 2.89. The van der Waals surface area contributed by atoms with E-state index in [4.69, 9.17) is 5.84 Å². The van der Waals surface area contributed by atoms with Crippen molar-refractivity contribution in [2.45, 2.75) is 19.8 Å². The lowest BCUT2D eigenvalue weighted by molar-refractivity contribution is 0.491. The Kier molecular flexibility index (Phi) is 4.26. The molecule has 0 aliphatic heterocycles. The third kappa shape index (κ3) is 3.69. The number of rotatable bonds is 5. The SMILES string of the molecule is CCCc1nc(NN)cc(NN(C)C)n1. The van der Waals surface area contributed by atoms with E-state index in [1.54, 1.807) is 6.07 Å². The largest absolute Gasteiger partial charge is 0.308 e. The van der Waals surface area contributed by atoms with Crippen molar-refractivity contribution in [1.29, 1.82) is 0 Å². The van der Waals surface area contributed by atoms with Crippen LogP contribution in [0.4, 0.5) is 11.6 Å². The molecule has 0 aliphatic rings. The predicted molar refractivity (Wildman–Crippen MR) is 61.1 cm³/mol. The summed E-state index contributed by atoms with van der Waals surface area (Å²) in [6.45, 7) is 2.09. The van der Waals surface area contributed by atoms with Gasteiger partial charge in [0.15, 0.2) is 0 Å². The Hall–Kier alpha value is -1.40. The number of hydrogen-bond acceptors (Lipinski definition) is 6. The average Bonchev–Trinajstić information content (AvgIpc) is 2.16. The highest BCUT2D eigenvalue weighted by molar-refractivity contribution is 5.46. The van der Waals surface area contributed by atoms with Gasteiger partial charge in [-0.3, -0.25) is 0 Å². The molecule has 1 aromatic rings. The number of nitrogens with two attached hydrogens (primary N) is 1. The molecule has 0 radical (unpaired) electrons. The monoisotopic (exact) mass is 210 g/mol. The first-order chi connectivity index (χ1) is 7.15. The molecule has 1 aromatic heterocycles. The van der Waals surface area contributed by atoms with Crippen LogP contribution in [-0.2, 0) is 6.42 Å². The summed E-state index contributed by atoms with van der Waals surface area (Å²) in [7, 11) is 3.80. The number of hydrogen-bond donors (Lipinski definition) is 3. The Morgan fingerprint density at radius 3 is 2.53 bits per heavy atom. The molecular formula is C9H18N6. The fraction of sp³-hybridized carbons (Fsp3) is 0.556. The summed E-state index contributed by atoms with van der Waals surface area (Å²) in [5.41, 5.74) is 5.59. The van der Waals surface area contributed by atoms with Crippen LogP contribution >= 0.6 is 0 Å². The second-order valence-electron chi connectivity index (χ2n) is 3.46. The molecule has 1 rings (SSSR count). The van der Waals surface area contributed by atoms with E-state index < -0.39 is 0 Å². The van der Waals surface area contributed by atoms with E-state index in [1.165, 1.54) is 0 Å². The van der Waals surface area contributed by atoms with Crippen LogP contribution in [0.5, 0.6) is 0 Å². The maximum atomic E-state index is 5.33. The summed E-state index contributed by atoms with van der Waals surface area (Å²) < 4.78 is 0. The molecule has 0 spiro atoms. The van der Waals surface area contributed by atoms with Crippen molar-refractivity contribution < 1.29 is 0 Å². The van der Waals surface area contributed by atoms with Gasteiger partial charge < -0.3 is 10.9 Å². The van der Waals surface area contributed by atoms with Crippen LogP contribution in [0, 0.1) is 0 Å². The minimum Gasteiger partial charge on any atom is -0.308 e. The van der Waals surface area contributed by atoms with Gasteiger partial charge in [0.1, 0.15) is 17.5 Å². The smallest absolute Gasteiger partial charge is 0.146 e. The second-order valence-corrected chi connectivity index (χ2v) is 3.46. The van der Waals surface area contributed by atoms with Crippen LogP contribution in [0.3, 0.4) is 0 Å². The van der Waals surface area contributed by atoms with Crippen molar-refractivity contribution in [3.63, 3.8) is 0 Å². The first kappa shape index (κ1) is 11.7. The highest BCUT2D eigenvalue weighted by Crippen LogP contribution is 2.11. The fourth-order valence-electron chi connectivity index (χ4n) is 1.19. The predicted octanol–water partition coefficient (Wildman–Crippen LogP) is 0.603. The van der Waals surface area contributed by atoms with E-state index in [9.17, 15) is 0 Å². The van der Waals surface area contributed by atoms with E-state index in [1.807, 2.05) is 19.1 Å². The number of anilines is 2. The molecule has 6 nitrogen and oxygen atoms in total. The van der Waals surface area contributed by atoms with Crippen LogP contribution in [0.25, 0.3) is 0 Å². The van der Waals surface area contributed by atoms with Crippen LogP contribution in [0.15, 0.2) is 6.07 Å². The highest BCUT2D eigenvalue weighted by atomic mass is 15.5. The Bertz CT molecular complexity index is 311. The number of hydrazine groups is 2. The third-order valence-corrected chi connectivity index (χ3v) is 1.73. The summed E-state index contributed by atoms with van der Waals surface area (Å²) >= 11 is 0. The van der Waals surface area contributed by atoms with Crippen molar-refractivity contribution in [2.24, 2.45) is 5.84 Å². The lowest BCUT2D eigenvalue weighted by Crippen LogP contribution is -2.21. The standard InChI is InChI=1S/C9H18N6/c1-4-5-7-11-8(13-10)6-9(12-7)14-15(2)3/h6H,4-5,10H2,1-3H3,(H2,11,12,13,14). The van der Waals surface area contributed by atoms with E-state index in [-0.39, 0.29) is 0 Å². The molecule has 1 heterocycles. The van der Waals surface area contributed by atoms with Gasteiger partial charge in [0.25, 0.3) is 0 Å². The molecule has 0 atom stereocenters. The lowest BCUT2D eigenvalue weighted by atomic mass is 10.3. The molecule has 4 N–H and O–H groups in total. The van der Waals surface area contributed by atoms with Crippen LogP contribution in [0.1, 0.15) is 19.2 Å². The Morgan fingerprint density at radius 2 is 2.00 bits per heavy atom. The molecule has 0 aliphatic carbocycles. The number of aromatic nitrogens is 2. The molecular weight excluding hydrogens is 192 g/mol. The van der Waals surface area contributed by atoms with Crippen molar-refractivity contribution in [1.82, 2.24) is 15.0 Å². The third-order valence-electron chi connectivity index (χ3n) is 1.73. The van der Waals surface area contributed by atoms with Gasteiger partial charge >= 0.3 is 0 Å².